The molecule has 0 unspecified atom stereocenters. The standard InChI is InChI=1S/C87H178O6P2/c1-7-11-15-19-23-27-31-35-39-43-47-51-55-59-63-67-79-94(88,89,80-68-64-60-56-52-48-44-40-36-32-28-24-20-16-12-8-2)92-85-75-71-83(72-76-85)87(5,6)84-73-77-86(78-74-84)93-95(90,91,81-69-65-61-57-53-49-45-41-37-33-29-25-21-17-13-9-3)82-70-66-62-58-54-50-46-42-38-34-30-26-22-18-14-10-4/h83-86,88-91H,7-82H2,1-6H3. The third kappa shape index (κ3) is 52.3. The van der Waals surface area contributed by atoms with Crippen molar-refractivity contribution in [3.05, 3.63) is 0 Å². The molecule has 8 heteroatoms. The predicted octanol–water partition coefficient (Wildman–Crippen LogP) is 30.8. The van der Waals surface area contributed by atoms with E-state index in [1.807, 2.05) is 0 Å². The third-order valence-corrected chi connectivity index (χ3v) is 30.5. The summed E-state index contributed by atoms with van der Waals surface area (Å²) >= 11 is 0. The van der Waals surface area contributed by atoms with E-state index in [9.17, 15) is 19.6 Å². The zero-order valence-corrected chi connectivity index (χ0v) is 67.8. The van der Waals surface area contributed by atoms with Crippen LogP contribution in [0.3, 0.4) is 0 Å². The van der Waals surface area contributed by atoms with Gasteiger partial charge >= 0.3 is 445 Å². The van der Waals surface area contributed by atoms with Crippen molar-refractivity contribution in [2.75, 3.05) is 24.6 Å². The summed E-state index contributed by atoms with van der Waals surface area (Å²) in [6.45, 7) is 14.2. The van der Waals surface area contributed by atoms with Crippen LogP contribution in [0.25, 0.3) is 0 Å². The SMILES string of the molecule is CCCCCCCCCCCCCCCCCCP(O)(O)(CCCCCCCCCCCCCCCCCC)OC1CCC(C(C)(C)C2CCC(OP(O)(O)(CCCCCCCCCCCCCCCCCC)CCCCCCCCCCCCCCCCCC)CC2)CC1. The van der Waals surface area contributed by atoms with Gasteiger partial charge in [0, 0.05) is 0 Å². The Bertz CT molecular complexity index is 1410. The van der Waals surface area contributed by atoms with Crippen LogP contribution in [0.1, 0.15) is 504 Å². The first-order valence-corrected chi connectivity index (χ1v) is 49.4. The zero-order chi connectivity index (χ0) is 68.9. The Morgan fingerprint density at radius 3 is 0.474 bits per heavy atom. The topological polar surface area (TPSA) is 99.4 Å². The molecule has 0 aromatic rings. The molecule has 95 heavy (non-hydrogen) atoms. The van der Waals surface area contributed by atoms with Crippen molar-refractivity contribution in [2.24, 2.45) is 17.3 Å². The number of unbranched alkanes of at least 4 members (excludes halogenated alkanes) is 60. The van der Waals surface area contributed by atoms with E-state index in [4.69, 9.17) is 9.05 Å². The summed E-state index contributed by atoms with van der Waals surface area (Å²) in [7, 11) is -8.59. The molecule has 0 atom stereocenters. The van der Waals surface area contributed by atoms with Crippen molar-refractivity contribution in [1.82, 2.24) is 0 Å². The minimum atomic E-state index is -4.29. The summed E-state index contributed by atoms with van der Waals surface area (Å²) < 4.78 is 13.7. The second-order valence-electron chi connectivity index (χ2n) is 33.7. The molecule has 0 aromatic heterocycles. The Morgan fingerprint density at radius 1 is 0.211 bits per heavy atom. The molecule has 0 radical (unpaired) electrons. The molecule has 6 nitrogen and oxygen atoms in total. The molecule has 0 heterocycles. The summed E-state index contributed by atoms with van der Waals surface area (Å²) in [5.74, 6) is 1.15. The van der Waals surface area contributed by atoms with E-state index >= 15 is 0 Å². The zero-order valence-electron chi connectivity index (χ0n) is 66.0. The normalized spacial score (nSPS) is 18.3. The number of hydrogen-bond donors (Lipinski definition) is 4. The van der Waals surface area contributed by atoms with E-state index in [1.165, 1.54) is 360 Å². The molecule has 0 aliphatic heterocycles. The maximum atomic E-state index is 12.5. The van der Waals surface area contributed by atoms with Crippen molar-refractivity contribution in [2.45, 2.75) is 516 Å². The van der Waals surface area contributed by atoms with Gasteiger partial charge < -0.3 is 0 Å². The molecule has 2 fully saturated rings. The van der Waals surface area contributed by atoms with Gasteiger partial charge in [-0.05, 0) is 0 Å². The van der Waals surface area contributed by atoms with Crippen molar-refractivity contribution >= 4 is 14.6 Å². The molecule has 0 amide bonds. The van der Waals surface area contributed by atoms with Crippen LogP contribution in [0, 0.1) is 17.3 Å². The van der Waals surface area contributed by atoms with E-state index < -0.39 is 14.6 Å². The molecule has 2 rings (SSSR count). The van der Waals surface area contributed by atoms with Gasteiger partial charge in [0.2, 0.25) is 0 Å². The molecular formula is C87H178O6P2. The van der Waals surface area contributed by atoms with Gasteiger partial charge in [-0.1, -0.05) is 156 Å². The molecule has 2 aliphatic rings. The molecule has 0 spiro atoms. The number of hydrogen-bond acceptors (Lipinski definition) is 6. The fraction of sp³-hybridized carbons (Fsp3) is 1.00. The van der Waals surface area contributed by atoms with E-state index in [0.29, 0.717) is 36.5 Å². The van der Waals surface area contributed by atoms with Crippen molar-refractivity contribution in [3.63, 3.8) is 0 Å². The summed E-state index contributed by atoms with van der Waals surface area (Å²) in [5, 5.41) is 0. The molecule has 0 aromatic carbocycles. The van der Waals surface area contributed by atoms with Gasteiger partial charge in [-0.15, -0.1) is 0 Å². The third-order valence-electron chi connectivity index (χ3n) is 24.1. The van der Waals surface area contributed by atoms with Crippen LogP contribution in [0.2, 0.25) is 0 Å². The molecule has 572 valence electrons. The van der Waals surface area contributed by atoms with E-state index in [1.54, 1.807) is 0 Å². The van der Waals surface area contributed by atoms with Gasteiger partial charge in [-0.25, -0.2) is 0 Å². The van der Waals surface area contributed by atoms with Crippen LogP contribution in [-0.2, 0) is 9.05 Å². The van der Waals surface area contributed by atoms with Gasteiger partial charge in [0.1, 0.15) is 0 Å². The van der Waals surface area contributed by atoms with Crippen LogP contribution in [0.4, 0.5) is 0 Å². The Balaban J connectivity index is 1.90. The maximum absolute atomic E-state index is 12.5. The average molecular weight is 1380 g/mol. The fourth-order valence-electron chi connectivity index (χ4n) is 17.2. The van der Waals surface area contributed by atoms with Gasteiger partial charge in [-0.3, -0.25) is 0 Å². The van der Waals surface area contributed by atoms with E-state index in [2.05, 4.69) is 41.5 Å². The second-order valence-corrected chi connectivity index (χ2v) is 41.1. The van der Waals surface area contributed by atoms with Crippen molar-refractivity contribution in [3.8, 4) is 0 Å². The molecule has 4 N–H and O–H groups in total. The fourth-order valence-corrected chi connectivity index (χ4v) is 23.3. The van der Waals surface area contributed by atoms with Gasteiger partial charge in [0.05, 0.1) is 0 Å². The Labute approximate surface area is 597 Å². The van der Waals surface area contributed by atoms with Crippen molar-refractivity contribution in [1.29, 1.82) is 0 Å². The first-order valence-electron chi connectivity index (χ1n) is 44.6. The van der Waals surface area contributed by atoms with E-state index in [-0.39, 0.29) is 17.6 Å². The summed E-state index contributed by atoms with van der Waals surface area (Å²) in [5.41, 5.74) is 0.159. The molecule has 2 saturated carbocycles. The molecular weight excluding hydrogens is 1200 g/mol. The van der Waals surface area contributed by atoms with Gasteiger partial charge in [-0.2, -0.15) is 0 Å². The van der Waals surface area contributed by atoms with Crippen molar-refractivity contribution < 1.29 is 28.6 Å². The van der Waals surface area contributed by atoms with Crippen LogP contribution < -0.4 is 0 Å². The first kappa shape index (κ1) is 91.7. The second kappa shape index (κ2) is 61.0. The molecule has 0 bridgehead atoms. The average Bonchev–Trinajstić information content (AvgIpc) is 0.798. The first-order chi connectivity index (χ1) is 46.2. The summed E-state index contributed by atoms with van der Waals surface area (Å²) in [6.07, 6.45) is 94.1. The van der Waals surface area contributed by atoms with Crippen LogP contribution in [0.5, 0.6) is 0 Å². The Kier molecular flexibility index (Phi) is 58.9. The summed E-state index contributed by atoms with van der Waals surface area (Å²) in [4.78, 5) is 50.2. The molecule has 0 saturated heterocycles. The minimum absolute atomic E-state index is 0.0622. The van der Waals surface area contributed by atoms with Crippen LogP contribution in [-0.4, -0.2) is 56.4 Å². The van der Waals surface area contributed by atoms with Crippen LogP contribution in [0.15, 0.2) is 0 Å². The summed E-state index contributed by atoms with van der Waals surface area (Å²) in [6, 6.07) is 0. The predicted molar refractivity (Wildman–Crippen MR) is 428 cm³/mol. The van der Waals surface area contributed by atoms with Gasteiger partial charge in [0.15, 0.2) is 0 Å². The quantitative estimate of drug-likeness (QED) is 0.0358. The monoisotopic (exact) mass is 1380 g/mol. The van der Waals surface area contributed by atoms with Gasteiger partial charge in [0.25, 0.3) is 0 Å². The Hall–Kier alpha value is 0.620. The molecule has 2 aliphatic carbocycles. The van der Waals surface area contributed by atoms with Crippen LogP contribution >= 0.6 is 14.6 Å². The number of rotatable bonds is 74. The Morgan fingerprint density at radius 2 is 0.337 bits per heavy atom. The van der Waals surface area contributed by atoms with E-state index in [0.717, 1.165) is 103 Å².